The van der Waals surface area contributed by atoms with E-state index in [9.17, 15) is 29.6 Å². The van der Waals surface area contributed by atoms with Crippen LogP contribution in [0, 0.1) is 10.1 Å². The Balaban J connectivity index is 1.50. The van der Waals surface area contributed by atoms with E-state index in [0.717, 1.165) is 16.7 Å². The molecule has 2 atom stereocenters. The molecule has 1 aliphatic rings. The second kappa shape index (κ2) is 11.3. The van der Waals surface area contributed by atoms with Crippen LogP contribution in [0.15, 0.2) is 78.9 Å². The van der Waals surface area contributed by atoms with Crippen molar-refractivity contribution in [1.82, 2.24) is 10.2 Å². The Morgan fingerprint density at radius 2 is 1.62 bits per heavy atom. The molecule has 10 nitrogen and oxygen atoms in total. The normalized spacial score (nSPS) is 15.2. The van der Waals surface area contributed by atoms with Crippen molar-refractivity contribution in [1.29, 1.82) is 0 Å². The molecule has 190 valence electrons. The highest BCUT2D eigenvalue weighted by atomic mass is 16.6. The zero-order valence-corrected chi connectivity index (χ0v) is 19.8. The third kappa shape index (κ3) is 6.29. The maximum atomic E-state index is 13.3. The van der Waals surface area contributed by atoms with Crippen molar-refractivity contribution < 1.29 is 29.2 Å². The van der Waals surface area contributed by atoms with Gasteiger partial charge in [0.15, 0.2) is 0 Å². The number of carboxylic acids is 1. The molecule has 0 spiro atoms. The summed E-state index contributed by atoms with van der Waals surface area (Å²) < 4.78 is 5.48. The van der Waals surface area contributed by atoms with Gasteiger partial charge in [-0.25, -0.2) is 9.59 Å². The topological polar surface area (TPSA) is 139 Å². The Morgan fingerprint density at radius 1 is 0.973 bits per heavy atom. The van der Waals surface area contributed by atoms with Gasteiger partial charge in [0, 0.05) is 25.0 Å². The van der Waals surface area contributed by atoms with Crippen LogP contribution in [0.1, 0.15) is 22.3 Å². The number of amides is 2. The largest absolute Gasteiger partial charge is 0.480 e. The molecule has 2 N–H and O–H groups in total. The summed E-state index contributed by atoms with van der Waals surface area (Å²) in [4.78, 5) is 50.0. The molecule has 0 bridgehead atoms. The minimum atomic E-state index is -1.30. The van der Waals surface area contributed by atoms with Crippen LogP contribution in [0.5, 0.6) is 0 Å². The Morgan fingerprint density at radius 3 is 2.27 bits per heavy atom. The first kappa shape index (κ1) is 25.4. The first-order valence-electron chi connectivity index (χ1n) is 11.6. The molecular weight excluding hydrogens is 478 g/mol. The van der Waals surface area contributed by atoms with E-state index in [4.69, 9.17) is 4.74 Å². The number of hydrogen-bond acceptors (Lipinski definition) is 6. The lowest BCUT2D eigenvalue weighted by molar-refractivity contribution is -0.384. The van der Waals surface area contributed by atoms with Gasteiger partial charge in [-0.05, 0) is 22.3 Å². The number of nitrogens with zero attached hydrogens (tertiary/aromatic N) is 2. The highest BCUT2D eigenvalue weighted by Crippen LogP contribution is 2.25. The van der Waals surface area contributed by atoms with Crippen LogP contribution in [0.25, 0.3) is 0 Å². The van der Waals surface area contributed by atoms with Crippen LogP contribution in [0.2, 0.25) is 0 Å². The number of carboxylic acid groups (broad SMARTS) is 1. The van der Waals surface area contributed by atoms with E-state index in [2.05, 4.69) is 5.32 Å². The summed E-state index contributed by atoms with van der Waals surface area (Å²) >= 11 is 0. The molecule has 0 saturated heterocycles. The van der Waals surface area contributed by atoms with Crippen LogP contribution in [-0.2, 0) is 40.3 Å². The van der Waals surface area contributed by atoms with Crippen molar-refractivity contribution in [2.24, 2.45) is 0 Å². The second-order valence-electron chi connectivity index (χ2n) is 8.68. The fraction of sp³-hybridized carbons (Fsp3) is 0.222. The molecule has 0 fully saturated rings. The van der Waals surface area contributed by atoms with E-state index in [1.54, 1.807) is 0 Å². The molecular formula is C27H25N3O7. The monoisotopic (exact) mass is 503 g/mol. The molecule has 0 radical (unpaired) electrons. The minimum Gasteiger partial charge on any atom is -0.480 e. The number of benzene rings is 3. The van der Waals surface area contributed by atoms with Gasteiger partial charge in [0.2, 0.25) is 5.91 Å². The maximum Gasteiger partial charge on any atom is 0.411 e. The molecule has 37 heavy (non-hydrogen) atoms. The van der Waals surface area contributed by atoms with Crippen LogP contribution in [0.4, 0.5) is 10.5 Å². The number of non-ortho nitro benzene ring substituents is 1. The zero-order valence-electron chi connectivity index (χ0n) is 19.8. The van der Waals surface area contributed by atoms with Crippen molar-refractivity contribution >= 4 is 23.7 Å². The van der Waals surface area contributed by atoms with E-state index >= 15 is 0 Å². The second-order valence-corrected chi connectivity index (χ2v) is 8.68. The van der Waals surface area contributed by atoms with Crippen molar-refractivity contribution in [2.45, 2.75) is 38.1 Å². The van der Waals surface area contributed by atoms with Gasteiger partial charge in [-0.3, -0.25) is 19.8 Å². The Hall–Kier alpha value is -4.73. The number of carbonyl (C=O) groups excluding carboxylic acids is 2. The lowest BCUT2D eigenvalue weighted by Crippen LogP contribution is -2.56. The summed E-state index contributed by atoms with van der Waals surface area (Å²) in [6, 6.07) is 19.7. The molecule has 3 aromatic carbocycles. The standard InChI is InChI=1S/C27H25N3O7/c31-25(28-23(26(32)33)14-18-10-12-22(13-11-18)30(35)36)24-15-20-8-4-5-9-21(20)16-29(24)27(34)37-17-19-6-2-1-3-7-19/h1-13,23-24H,14-17H2,(H,28,31)(H,32,33)/t23-,24-/m0/s1. The summed E-state index contributed by atoms with van der Waals surface area (Å²) in [5.74, 6) is -1.89. The molecule has 0 aliphatic carbocycles. The lowest BCUT2D eigenvalue weighted by Gasteiger charge is -2.35. The van der Waals surface area contributed by atoms with E-state index in [0.29, 0.717) is 5.56 Å². The summed E-state index contributed by atoms with van der Waals surface area (Å²) in [6.45, 7) is 0.173. The number of rotatable bonds is 8. The number of carbonyl (C=O) groups is 3. The van der Waals surface area contributed by atoms with Crippen molar-refractivity contribution in [3.63, 3.8) is 0 Å². The molecule has 0 unspecified atom stereocenters. The fourth-order valence-electron chi connectivity index (χ4n) is 4.21. The van der Waals surface area contributed by atoms with Gasteiger partial charge in [-0.15, -0.1) is 0 Å². The first-order valence-corrected chi connectivity index (χ1v) is 11.6. The molecule has 3 aromatic rings. The van der Waals surface area contributed by atoms with Crippen molar-refractivity contribution in [3.05, 3.63) is 111 Å². The summed E-state index contributed by atoms with van der Waals surface area (Å²) in [5, 5.41) is 23.2. The van der Waals surface area contributed by atoms with E-state index in [1.165, 1.54) is 29.2 Å². The number of ether oxygens (including phenoxy) is 1. The molecule has 1 heterocycles. The van der Waals surface area contributed by atoms with Crippen LogP contribution < -0.4 is 5.32 Å². The van der Waals surface area contributed by atoms with Gasteiger partial charge < -0.3 is 15.2 Å². The molecule has 4 rings (SSSR count). The van der Waals surface area contributed by atoms with E-state index < -0.39 is 35.0 Å². The number of hydrogen-bond donors (Lipinski definition) is 2. The predicted molar refractivity (Wildman–Crippen MR) is 132 cm³/mol. The van der Waals surface area contributed by atoms with Gasteiger partial charge in [0.1, 0.15) is 18.7 Å². The average molecular weight is 504 g/mol. The minimum absolute atomic E-state index is 0.0318. The van der Waals surface area contributed by atoms with Crippen LogP contribution in [-0.4, -0.2) is 45.0 Å². The Labute approximate surface area is 212 Å². The third-order valence-corrected chi connectivity index (χ3v) is 6.19. The van der Waals surface area contributed by atoms with Gasteiger partial charge in [0.25, 0.3) is 5.69 Å². The summed E-state index contributed by atoms with van der Waals surface area (Å²) in [5.41, 5.74) is 2.95. The average Bonchev–Trinajstić information content (AvgIpc) is 2.91. The van der Waals surface area contributed by atoms with Gasteiger partial charge >= 0.3 is 12.1 Å². The van der Waals surface area contributed by atoms with Gasteiger partial charge in [0.05, 0.1) is 11.5 Å². The molecule has 10 heteroatoms. The van der Waals surface area contributed by atoms with Crippen LogP contribution in [0.3, 0.4) is 0 Å². The van der Waals surface area contributed by atoms with Gasteiger partial charge in [-0.1, -0.05) is 66.7 Å². The van der Waals surface area contributed by atoms with Crippen molar-refractivity contribution in [2.75, 3.05) is 0 Å². The number of aliphatic carboxylic acids is 1. The lowest BCUT2D eigenvalue weighted by atomic mass is 9.93. The number of nitro groups is 1. The van der Waals surface area contributed by atoms with E-state index in [-0.39, 0.29) is 31.7 Å². The predicted octanol–water partition coefficient (Wildman–Crippen LogP) is 3.47. The highest BCUT2D eigenvalue weighted by Gasteiger charge is 2.37. The molecule has 0 aromatic heterocycles. The zero-order chi connectivity index (χ0) is 26.4. The SMILES string of the molecule is O=C(O)[C@H](Cc1ccc([N+](=O)[O-])cc1)NC(=O)[C@@H]1Cc2ccccc2CN1C(=O)OCc1ccccc1. The Kier molecular flexibility index (Phi) is 7.77. The third-order valence-electron chi connectivity index (χ3n) is 6.19. The van der Waals surface area contributed by atoms with Crippen LogP contribution >= 0.6 is 0 Å². The first-order chi connectivity index (χ1) is 17.8. The van der Waals surface area contributed by atoms with Gasteiger partial charge in [-0.2, -0.15) is 0 Å². The maximum absolute atomic E-state index is 13.3. The van der Waals surface area contributed by atoms with E-state index in [1.807, 2.05) is 54.6 Å². The Bertz CT molecular complexity index is 1290. The van der Waals surface area contributed by atoms with Crippen molar-refractivity contribution in [3.8, 4) is 0 Å². The number of nitrogens with one attached hydrogen (secondary N) is 1. The molecule has 0 saturated carbocycles. The smallest absolute Gasteiger partial charge is 0.411 e. The fourth-order valence-corrected chi connectivity index (χ4v) is 4.21. The quantitative estimate of drug-likeness (QED) is 0.354. The number of fused-ring (bicyclic) bond motifs is 1. The summed E-state index contributed by atoms with van der Waals surface area (Å²) in [6.07, 6.45) is -0.562. The molecule has 1 aliphatic heterocycles. The summed E-state index contributed by atoms with van der Waals surface area (Å²) in [7, 11) is 0. The molecule has 2 amide bonds. The highest BCUT2D eigenvalue weighted by molar-refractivity contribution is 5.90. The number of nitro benzene ring substituents is 1.